The van der Waals surface area contributed by atoms with Crippen molar-refractivity contribution in [2.45, 2.75) is 51.0 Å². The van der Waals surface area contributed by atoms with Gasteiger partial charge in [-0.15, -0.1) is 0 Å². The molecule has 1 aliphatic rings. The van der Waals surface area contributed by atoms with Crippen LogP contribution in [0.2, 0.25) is 0 Å². The first-order valence-electron chi connectivity index (χ1n) is 9.34. The van der Waals surface area contributed by atoms with Crippen LogP contribution in [0.3, 0.4) is 0 Å². The van der Waals surface area contributed by atoms with Crippen LogP contribution in [0, 0.1) is 6.92 Å². The largest absolute Gasteiger partial charge is 0.312 e. The third-order valence-corrected chi connectivity index (χ3v) is 6.60. The zero-order valence-corrected chi connectivity index (χ0v) is 16.8. The van der Waals surface area contributed by atoms with Crippen molar-refractivity contribution in [1.29, 1.82) is 0 Å². The van der Waals surface area contributed by atoms with Crippen molar-refractivity contribution < 1.29 is 13.2 Å². The summed E-state index contributed by atoms with van der Waals surface area (Å²) in [5.41, 5.74) is 3.72. The molecule has 0 unspecified atom stereocenters. The average Bonchev–Trinajstić information content (AvgIpc) is 3.07. The second kappa shape index (κ2) is 7.82. The number of anilines is 1. The molecule has 0 bridgehead atoms. The molecule has 27 heavy (non-hydrogen) atoms. The van der Waals surface area contributed by atoms with Crippen LogP contribution in [-0.4, -0.2) is 20.9 Å². The molecule has 5 nitrogen and oxygen atoms in total. The van der Waals surface area contributed by atoms with Gasteiger partial charge in [-0.25, -0.2) is 13.1 Å². The van der Waals surface area contributed by atoms with E-state index >= 15 is 0 Å². The van der Waals surface area contributed by atoms with Crippen LogP contribution < -0.4 is 9.62 Å². The molecule has 1 saturated heterocycles. The molecule has 144 valence electrons. The fraction of sp³-hybridized carbons (Fsp3) is 0.381. The van der Waals surface area contributed by atoms with Gasteiger partial charge in [0, 0.05) is 24.7 Å². The Morgan fingerprint density at radius 2 is 1.85 bits per heavy atom. The maximum absolute atomic E-state index is 12.8. The van der Waals surface area contributed by atoms with E-state index in [2.05, 4.69) is 11.6 Å². The number of nitrogens with one attached hydrogen (secondary N) is 1. The summed E-state index contributed by atoms with van der Waals surface area (Å²) < 4.78 is 28.3. The molecule has 0 aliphatic carbocycles. The highest BCUT2D eigenvalue weighted by Gasteiger charge is 2.25. The molecule has 0 spiro atoms. The van der Waals surface area contributed by atoms with Crippen LogP contribution in [0.5, 0.6) is 0 Å². The van der Waals surface area contributed by atoms with Gasteiger partial charge in [0.25, 0.3) is 0 Å². The summed E-state index contributed by atoms with van der Waals surface area (Å²) in [4.78, 5) is 13.9. The molecule has 6 heteroatoms. The molecule has 0 radical (unpaired) electrons. The monoisotopic (exact) mass is 386 g/mol. The Balaban J connectivity index is 1.79. The molecule has 1 fully saturated rings. The number of hydrogen-bond donors (Lipinski definition) is 1. The van der Waals surface area contributed by atoms with E-state index in [4.69, 9.17) is 0 Å². The van der Waals surface area contributed by atoms with Crippen LogP contribution in [-0.2, 0) is 21.2 Å². The Labute approximate surface area is 161 Å². The standard InChI is InChI=1S/C21H26N2O3S/c1-4-17-7-9-18(10-8-17)16(3)22-27(25,26)19-11-12-20(15(2)14-19)23-13-5-6-21(23)24/h7-12,14,16,22H,4-6,13H2,1-3H3/t16-/m0/s1. The molecule has 3 rings (SSSR count). The lowest BCUT2D eigenvalue weighted by Gasteiger charge is -2.20. The zero-order valence-electron chi connectivity index (χ0n) is 16.0. The second-order valence-corrected chi connectivity index (χ2v) is 8.75. The molecule has 2 aromatic carbocycles. The Morgan fingerprint density at radius 3 is 2.41 bits per heavy atom. The smallest absolute Gasteiger partial charge is 0.241 e. The third-order valence-electron chi connectivity index (χ3n) is 5.06. The van der Waals surface area contributed by atoms with Crippen molar-refractivity contribution in [2.75, 3.05) is 11.4 Å². The van der Waals surface area contributed by atoms with Gasteiger partial charge in [-0.05, 0) is 61.6 Å². The van der Waals surface area contributed by atoms with Crippen LogP contribution in [0.1, 0.15) is 49.4 Å². The molecule has 1 aliphatic heterocycles. The minimum atomic E-state index is -3.65. The quantitative estimate of drug-likeness (QED) is 0.823. The van der Waals surface area contributed by atoms with E-state index < -0.39 is 10.0 Å². The second-order valence-electron chi connectivity index (χ2n) is 7.04. The van der Waals surface area contributed by atoms with Crippen LogP contribution in [0.4, 0.5) is 5.69 Å². The lowest BCUT2D eigenvalue weighted by molar-refractivity contribution is -0.117. The van der Waals surface area contributed by atoms with Gasteiger partial charge >= 0.3 is 0 Å². The van der Waals surface area contributed by atoms with E-state index in [1.807, 2.05) is 38.1 Å². The molecule has 2 aromatic rings. The molecule has 1 atom stereocenters. The zero-order chi connectivity index (χ0) is 19.6. The number of carbonyl (C=O) groups is 1. The minimum absolute atomic E-state index is 0.0935. The third kappa shape index (κ3) is 4.22. The first kappa shape index (κ1) is 19.6. The fourth-order valence-corrected chi connectivity index (χ4v) is 4.73. The van der Waals surface area contributed by atoms with Gasteiger partial charge in [0.05, 0.1) is 4.90 Å². The summed E-state index contributed by atoms with van der Waals surface area (Å²) in [6, 6.07) is 12.6. The highest BCUT2D eigenvalue weighted by atomic mass is 32.2. The summed E-state index contributed by atoms with van der Waals surface area (Å²) in [7, 11) is -3.65. The van der Waals surface area contributed by atoms with E-state index in [1.54, 1.807) is 23.1 Å². The normalized spacial score (nSPS) is 16.0. The molecular weight excluding hydrogens is 360 g/mol. The Bertz CT molecular complexity index is 936. The van der Waals surface area contributed by atoms with Gasteiger partial charge in [0.15, 0.2) is 0 Å². The van der Waals surface area contributed by atoms with Crippen molar-refractivity contribution in [2.24, 2.45) is 0 Å². The fourth-order valence-electron chi connectivity index (χ4n) is 3.41. The maximum Gasteiger partial charge on any atom is 0.241 e. The highest BCUT2D eigenvalue weighted by Crippen LogP contribution is 2.28. The van der Waals surface area contributed by atoms with Crippen molar-refractivity contribution in [1.82, 2.24) is 4.72 Å². The molecular formula is C21H26N2O3S. The minimum Gasteiger partial charge on any atom is -0.312 e. The molecule has 0 saturated carbocycles. The predicted molar refractivity (Wildman–Crippen MR) is 107 cm³/mol. The number of carbonyl (C=O) groups excluding carboxylic acids is 1. The van der Waals surface area contributed by atoms with E-state index in [1.165, 1.54) is 5.56 Å². The maximum atomic E-state index is 12.8. The SMILES string of the molecule is CCc1ccc([C@H](C)NS(=O)(=O)c2ccc(N3CCCC3=O)c(C)c2)cc1. The van der Waals surface area contributed by atoms with Gasteiger partial charge in [0.2, 0.25) is 15.9 Å². The van der Waals surface area contributed by atoms with Crippen molar-refractivity contribution in [3.05, 3.63) is 59.2 Å². The topological polar surface area (TPSA) is 66.5 Å². The Hall–Kier alpha value is -2.18. The number of amides is 1. The summed E-state index contributed by atoms with van der Waals surface area (Å²) in [6.45, 7) is 6.45. The van der Waals surface area contributed by atoms with Crippen LogP contribution in [0.15, 0.2) is 47.4 Å². The van der Waals surface area contributed by atoms with Crippen molar-refractivity contribution in [3.63, 3.8) is 0 Å². The van der Waals surface area contributed by atoms with Crippen LogP contribution in [0.25, 0.3) is 0 Å². The van der Waals surface area contributed by atoms with Gasteiger partial charge in [0.1, 0.15) is 0 Å². The van der Waals surface area contributed by atoms with E-state index in [-0.39, 0.29) is 16.8 Å². The number of benzene rings is 2. The Kier molecular flexibility index (Phi) is 5.67. The molecule has 1 N–H and O–H groups in total. The van der Waals surface area contributed by atoms with Crippen molar-refractivity contribution >= 4 is 21.6 Å². The number of rotatable bonds is 6. The lowest BCUT2D eigenvalue weighted by Crippen LogP contribution is -2.28. The van der Waals surface area contributed by atoms with E-state index in [0.717, 1.165) is 29.7 Å². The Morgan fingerprint density at radius 1 is 1.15 bits per heavy atom. The first-order chi connectivity index (χ1) is 12.8. The lowest BCUT2D eigenvalue weighted by atomic mass is 10.1. The average molecular weight is 387 g/mol. The molecule has 1 heterocycles. The molecule has 0 aromatic heterocycles. The number of nitrogens with zero attached hydrogens (tertiary/aromatic N) is 1. The van der Waals surface area contributed by atoms with E-state index in [0.29, 0.717) is 13.0 Å². The highest BCUT2D eigenvalue weighted by molar-refractivity contribution is 7.89. The summed E-state index contributed by atoms with van der Waals surface area (Å²) in [5.74, 6) is 0.0935. The van der Waals surface area contributed by atoms with Crippen LogP contribution >= 0.6 is 0 Å². The number of sulfonamides is 1. The van der Waals surface area contributed by atoms with Gasteiger partial charge in [-0.2, -0.15) is 0 Å². The summed E-state index contributed by atoms with van der Waals surface area (Å²) in [6.07, 6.45) is 2.34. The molecule has 1 amide bonds. The summed E-state index contributed by atoms with van der Waals surface area (Å²) >= 11 is 0. The summed E-state index contributed by atoms with van der Waals surface area (Å²) in [5, 5.41) is 0. The first-order valence-corrected chi connectivity index (χ1v) is 10.8. The van der Waals surface area contributed by atoms with Gasteiger partial charge in [-0.1, -0.05) is 31.2 Å². The van der Waals surface area contributed by atoms with Crippen molar-refractivity contribution in [3.8, 4) is 0 Å². The predicted octanol–water partition coefficient (Wildman–Crippen LogP) is 3.72. The van der Waals surface area contributed by atoms with Gasteiger partial charge < -0.3 is 4.90 Å². The van der Waals surface area contributed by atoms with E-state index in [9.17, 15) is 13.2 Å². The number of aryl methyl sites for hydroxylation is 2. The van der Waals surface area contributed by atoms with Gasteiger partial charge in [-0.3, -0.25) is 4.79 Å². The number of hydrogen-bond acceptors (Lipinski definition) is 3.